The second-order valence-corrected chi connectivity index (χ2v) is 6.09. The van der Waals surface area contributed by atoms with Gasteiger partial charge >= 0.3 is 0 Å². The summed E-state index contributed by atoms with van der Waals surface area (Å²) in [4.78, 5) is 16.0. The van der Waals surface area contributed by atoms with E-state index in [1.54, 1.807) is 0 Å². The van der Waals surface area contributed by atoms with Gasteiger partial charge < -0.3 is 14.6 Å². The molecule has 0 saturated carbocycles. The van der Waals surface area contributed by atoms with Gasteiger partial charge in [-0.3, -0.25) is 4.79 Å². The molecule has 2 aromatic rings. The fourth-order valence-corrected chi connectivity index (χ4v) is 2.41. The van der Waals surface area contributed by atoms with E-state index in [0.717, 1.165) is 24.2 Å². The Bertz CT molecular complexity index is 658. The Labute approximate surface area is 135 Å². The molecule has 1 saturated heterocycles. The molecular weight excluding hydrogens is 294 g/mol. The van der Waals surface area contributed by atoms with Crippen molar-refractivity contribution >= 4 is 5.91 Å². The maximum absolute atomic E-state index is 11.6. The van der Waals surface area contributed by atoms with Gasteiger partial charge in [-0.15, -0.1) is 0 Å². The number of hydrogen-bond acceptors (Lipinski definition) is 5. The Morgan fingerprint density at radius 2 is 2.13 bits per heavy atom. The summed E-state index contributed by atoms with van der Waals surface area (Å²) in [6, 6.07) is 7.77. The number of nitrogens with one attached hydrogen (secondary N) is 1. The Morgan fingerprint density at radius 1 is 1.35 bits per heavy atom. The van der Waals surface area contributed by atoms with Crippen LogP contribution in [0.1, 0.15) is 37.6 Å². The van der Waals surface area contributed by atoms with Crippen LogP contribution in [0.3, 0.4) is 0 Å². The summed E-state index contributed by atoms with van der Waals surface area (Å²) in [6.07, 6.45) is 0.938. The molecule has 0 aliphatic carbocycles. The number of benzene rings is 1. The predicted octanol–water partition coefficient (Wildman–Crippen LogP) is 2.51. The summed E-state index contributed by atoms with van der Waals surface area (Å²) in [5.74, 6) is 1.51. The molecule has 23 heavy (non-hydrogen) atoms. The van der Waals surface area contributed by atoms with E-state index < -0.39 is 0 Å². The molecule has 1 aliphatic heterocycles. The van der Waals surface area contributed by atoms with E-state index >= 15 is 0 Å². The van der Waals surface area contributed by atoms with Crippen molar-refractivity contribution in [1.82, 2.24) is 15.5 Å². The zero-order valence-corrected chi connectivity index (χ0v) is 13.4. The molecule has 1 aromatic heterocycles. The zero-order valence-electron chi connectivity index (χ0n) is 13.4. The Kier molecular flexibility index (Phi) is 4.71. The van der Waals surface area contributed by atoms with Crippen molar-refractivity contribution in [1.29, 1.82) is 0 Å². The molecule has 3 rings (SSSR count). The molecule has 0 spiro atoms. The van der Waals surface area contributed by atoms with Gasteiger partial charge in [0.1, 0.15) is 0 Å². The van der Waals surface area contributed by atoms with E-state index in [1.165, 1.54) is 0 Å². The molecule has 1 N–H and O–H groups in total. The van der Waals surface area contributed by atoms with Crippen molar-refractivity contribution in [3.8, 4) is 11.5 Å². The Hall–Kier alpha value is -2.21. The van der Waals surface area contributed by atoms with Crippen LogP contribution in [-0.2, 0) is 16.1 Å². The van der Waals surface area contributed by atoms with Gasteiger partial charge in [0.2, 0.25) is 5.91 Å². The smallest absolute Gasteiger partial charge is 0.257 e. The maximum Gasteiger partial charge on any atom is 0.257 e. The third-order valence-electron chi connectivity index (χ3n) is 3.93. The molecule has 1 aliphatic rings. The SMILES string of the molecule is CC(C)C(=O)NCc1ccc(-c2nc([C@H]3CCOC3)no2)cc1. The second kappa shape index (κ2) is 6.91. The minimum absolute atomic E-state index is 0.00865. The topological polar surface area (TPSA) is 77.2 Å². The summed E-state index contributed by atoms with van der Waals surface area (Å²) in [6.45, 7) is 5.69. The summed E-state index contributed by atoms with van der Waals surface area (Å²) in [5, 5.41) is 6.95. The largest absolute Gasteiger partial charge is 0.381 e. The van der Waals surface area contributed by atoms with Crippen molar-refractivity contribution in [2.24, 2.45) is 5.92 Å². The van der Waals surface area contributed by atoms with Gasteiger partial charge in [0, 0.05) is 30.6 Å². The third kappa shape index (κ3) is 3.76. The summed E-state index contributed by atoms with van der Waals surface area (Å²) in [7, 11) is 0. The zero-order chi connectivity index (χ0) is 16.2. The minimum Gasteiger partial charge on any atom is -0.381 e. The molecule has 6 nitrogen and oxygen atoms in total. The van der Waals surface area contributed by atoms with Crippen LogP contribution in [0.25, 0.3) is 11.5 Å². The minimum atomic E-state index is -0.00865. The Balaban J connectivity index is 1.64. The van der Waals surface area contributed by atoms with Crippen molar-refractivity contribution in [3.05, 3.63) is 35.7 Å². The van der Waals surface area contributed by atoms with E-state index in [2.05, 4.69) is 15.5 Å². The molecule has 0 unspecified atom stereocenters. The van der Waals surface area contributed by atoms with Crippen LogP contribution in [0.5, 0.6) is 0 Å². The molecule has 1 amide bonds. The third-order valence-corrected chi connectivity index (χ3v) is 3.93. The van der Waals surface area contributed by atoms with Crippen LogP contribution in [0.4, 0.5) is 0 Å². The lowest BCUT2D eigenvalue weighted by molar-refractivity contribution is -0.124. The molecule has 0 radical (unpaired) electrons. The van der Waals surface area contributed by atoms with Gasteiger partial charge in [-0.05, 0) is 24.1 Å². The van der Waals surface area contributed by atoms with Crippen molar-refractivity contribution in [2.45, 2.75) is 32.7 Å². The molecule has 1 aromatic carbocycles. The first kappa shape index (κ1) is 15.7. The molecule has 1 fully saturated rings. The number of ether oxygens (including phenoxy) is 1. The lowest BCUT2D eigenvalue weighted by atomic mass is 10.1. The van der Waals surface area contributed by atoms with Gasteiger partial charge in [0.25, 0.3) is 5.89 Å². The maximum atomic E-state index is 11.6. The van der Waals surface area contributed by atoms with E-state index in [1.807, 2.05) is 38.1 Å². The number of aromatic nitrogens is 2. The van der Waals surface area contributed by atoms with Gasteiger partial charge in [0.15, 0.2) is 5.82 Å². The lowest BCUT2D eigenvalue weighted by Crippen LogP contribution is -2.27. The van der Waals surface area contributed by atoms with E-state index in [-0.39, 0.29) is 17.7 Å². The van der Waals surface area contributed by atoms with Crippen LogP contribution in [0, 0.1) is 5.92 Å². The molecule has 0 bridgehead atoms. The number of carbonyl (C=O) groups excluding carboxylic acids is 1. The van der Waals surface area contributed by atoms with Crippen LogP contribution >= 0.6 is 0 Å². The fraction of sp³-hybridized carbons (Fsp3) is 0.471. The van der Waals surface area contributed by atoms with Gasteiger partial charge in [-0.25, -0.2) is 0 Å². The number of hydrogen-bond donors (Lipinski definition) is 1. The van der Waals surface area contributed by atoms with Gasteiger partial charge in [-0.2, -0.15) is 4.98 Å². The van der Waals surface area contributed by atoms with Gasteiger partial charge in [0.05, 0.1) is 6.61 Å². The predicted molar refractivity (Wildman–Crippen MR) is 84.6 cm³/mol. The molecule has 6 heteroatoms. The van der Waals surface area contributed by atoms with Crippen molar-refractivity contribution in [2.75, 3.05) is 13.2 Å². The summed E-state index contributed by atoms with van der Waals surface area (Å²) in [5.41, 5.74) is 1.91. The normalized spacial score (nSPS) is 17.6. The van der Waals surface area contributed by atoms with E-state index in [9.17, 15) is 4.79 Å². The first-order valence-corrected chi connectivity index (χ1v) is 7.92. The number of amides is 1. The monoisotopic (exact) mass is 315 g/mol. The average Bonchev–Trinajstić information content (AvgIpc) is 3.23. The number of rotatable bonds is 5. The lowest BCUT2D eigenvalue weighted by Gasteiger charge is -2.07. The molecule has 122 valence electrons. The second-order valence-electron chi connectivity index (χ2n) is 6.09. The highest BCUT2D eigenvalue weighted by molar-refractivity contribution is 5.77. The van der Waals surface area contributed by atoms with Crippen molar-refractivity contribution < 1.29 is 14.1 Å². The highest BCUT2D eigenvalue weighted by atomic mass is 16.5. The highest BCUT2D eigenvalue weighted by Gasteiger charge is 2.23. The Morgan fingerprint density at radius 3 is 2.78 bits per heavy atom. The molecular formula is C17H21N3O3. The standard InChI is InChI=1S/C17H21N3O3/c1-11(2)16(21)18-9-12-3-5-13(6-4-12)17-19-15(20-23-17)14-7-8-22-10-14/h3-6,11,14H,7-10H2,1-2H3,(H,18,21)/t14-/m0/s1. The number of carbonyl (C=O) groups is 1. The summed E-state index contributed by atoms with van der Waals surface area (Å²) >= 11 is 0. The van der Waals surface area contributed by atoms with Crippen LogP contribution < -0.4 is 5.32 Å². The van der Waals surface area contributed by atoms with Crippen LogP contribution in [0.2, 0.25) is 0 Å². The molecule has 1 atom stereocenters. The quantitative estimate of drug-likeness (QED) is 0.917. The van der Waals surface area contributed by atoms with Gasteiger partial charge in [-0.1, -0.05) is 31.1 Å². The summed E-state index contributed by atoms with van der Waals surface area (Å²) < 4.78 is 10.7. The molecule has 2 heterocycles. The van der Waals surface area contributed by atoms with Crippen molar-refractivity contribution in [3.63, 3.8) is 0 Å². The van der Waals surface area contributed by atoms with E-state index in [4.69, 9.17) is 9.26 Å². The van der Waals surface area contributed by atoms with E-state index in [0.29, 0.717) is 24.9 Å². The highest BCUT2D eigenvalue weighted by Crippen LogP contribution is 2.25. The van der Waals surface area contributed by atoms with Crippen LogP contribution in [-0.4, -0.2) is 29.3 Å². The first-order valence-electron chi connectivity index (χ1n) is 7.92. The average molecular weight is 315 g/mol. The fourth-order valence-electron chi connectivity index (χ4n) is 2.41. The van der Waals surface area contributed by atoms with Crippen LogP contribution in [0.15, 0.2) is 28.8 Å². The first-order chi connectivity index (χ1) is 11.1. The number of nitrogens with zero attached hydrogens (tertiary/aromatic N) is 2.